The molecule has 140 valence electrons. The predicted molar refractivity (Wildman–Crippen MR) is 102 cm³/mol. The fraction of sp³-hybridized carbons (Fsp3) is 0.368. The Bertz CT molecular complexity index is 858. The number of carbonyl (C=O) groups excluding carboxylic acids is 3. The molecule has 1 spiro atoms. The Morgan fingerprint density at radius 2 is 1.93 bits per heavy atom. The molecule has 1 aromatic carbocycles. The van der Waals surface area contributed by atoms with Crippen molar-refractivity contribution in [2.75, 3.05) is 11.9 Å². The highest BCUT2D eigenvalue weighted by Crippen LogP contribution is 2.33. The Balaban J connectivity index is 1.39. The third-order valence-corrected chi connectivity index (χ3v) is 5.92. The first-order valence-corrected chi connectivity index (χ1v) is 9.89. The van der Waals surface area contributed by atoms with Crippen molar-refractivity contribution in [2.24, 2.45) is 0 Å². The summed E-state index contributed by atoms with van der Waals surface area (Å²) in [5.41, 5.74) is 0.779. The first kappa shape index (κ1) is 17.7. The standard InChI is InChI=1S/C19H20N4O3S/c24-15(21-14-6-4-13(5-7-14)16-20-10-11-27-16)12-23-17(25)19(22-18(23)26)8-2-1-3-9-19/h4-7,10-11H,1-3,8-9,12H2,(H,21,24)(H,22,26). The van der Waals surface area contributed by atoms with Crippen LogP contribution in [-0.4, -0.2) is 39.8 Å². The van der Waals surface area contributed by atoms with Gasteiger partial charge in [-0.05, 0) is 37.1 Å². The summed E-state index contributed by atoms with van der Waals surface area (Å²) in [5, 5.41) is 8.37. The molecule has 1 saturated carbocycles. The van der Waals surface area contributed by atoms with E-state index >= 15 is 0 Å². The van der Waals surface area contributed by atoms with E-state index in [4.69, 9.17) is 0 Å². The van der Waals surface area contributed by atoms with E-state index in [0.717, 1.165) is 34.7 Å². The van der Waals surface area contributed by atoms with Gasteiger partial charge in [0.25, 0.3) is 5.91 Å². The van der Waals surface area contributed by atoms with Gasteiger partial charge in [-0.2, -0.15) is 0 Å². The second-order valence-corrected chi connectivity index (χ2v) is 7.82. The van der Waals surface area contributed by atoms with Crippen LogP contribution in [0.15, 0.2) is 35.8 Å². The van der Waals surface area contributed by atoms with E-state index in [1.807, 2.05) is 17.5 Å². The minimum absolute atomic E-state index is 0.276. The average molecular weight is 384 g/mol. The van der Waals surface area contributed by atoms with Crippen molar-refractivity contribution in [3.05, 3.63) is 35.8 Å². The smallest absolute Gasteiger partial charge is 0.325 e. The molecule has 27 heavy (non-hydrogen) atoms. The van der Waals surface area contributed by atoms with Crippen LogP contribution in [0.4, 0.5) is 10.5 Å². The molecule has 4 rings (SSSR count). The number of nitrogens with one attached hydrogen (secondary N) is 2. The fourth-order valence-electron chi connectivity index (χ4n) is 3.72. The first-order valence-electron chi connectivity index (χ1n) is 9.01. The van der Waals surface area contributed by atoms with Crippen LogP contribution >= 0.6 is 11.3 Å². The van der Waals surface area contributed by atoms with Crippen molar-refractivity contribution in [2.45, 2.75) is 37.6 Å². The topological polar surface area (TPSA) is 91.4 Å². The zero-order valence-corrected chi connectivity index (χ0v) is 15.6. The summed E-state index contributed by atoms with van der Waals surface area (Å²) in [6, 6.07) is 6.83. The Kier molecular flexibility index (Phi) is 4.65. The first-order chi connectivity index (χ1) is 13.1. The van der Waals surface area contributed by atoms with Gasteiger partial charge in [0.05, 0.1) is 0 Å². The molecule has 7 nitrogen and oxygen atoms in total. The summed E-state index contributed by atoms with van der Waals surface area (Å²) in [6.45, 7) is -0.277. The second kappa shape index (κ2) is 7.11. The Labute approximate surface area is 160 Å². The molecule has 8 heteroatoms. The minimum Gasteiger partial charge on any atom is -0.325 e. The number of benzene rings is 1. The maximum absolute atomic E-state index is 12.7. The molecule has 2 fully saturated rings. The minimum atomic E-state index is -0.801. The van der Waals surface area contributed by atoms with E-state index in [0.29, 0.717) is 18.5 Å². The number of rotatable bonds is 4. The Morgan fingerprint density at radius 1 is 1.19 bits per heavy atom. The van der Waals surface area contributed by atoms with Crippen LogP contribution in [0.5, 0.6) is 0 Å². The number of thiazole rings is 1. The lowest BCUT2D eigenvalue weighted by Crippen LogP contribution is -2.48. The molecule has 0 bridgehead atoms. The van der Waals surface area contributed by atoms with Crippen LogP contribution in [0.1, 0.15) is 32.1 Å². The Hall–Kier alpha value is -2.74. The van der Waals surface area contributed by atoms with Crippen LogP contribution in [0.3, 0.4) is 0 Å². The molecule has 0 unspecified atom stereocenters. The molecule has 0 atom stereocenters. The molecule has 2 N–H and O–H groups in total. The van der Waals surface area contributed by atoms with Crippen LogP contribution in [0, 0.1) is 0 Å². The highest BCUT2D eigenvalue weighted by molar-refractivity contribution is 7.13. The summed E-state index contributed by atoms with van der Waals surface area (Å²) in [5.74, 6) is -0.671. The molecule has 4 amide bonds. The van der Waals surface area contributed by atoms with E-state index in [1.165, 1.54) is 0 Å². The lowest BCUT2D eigenvalue weighted by Gasteiger charge is -2.30. The number of nitrogens with zero attached hydrogens (tertiary/aromatic N) is 2. The average Bonchev–Trinajstić information content (AvgIpc) is 3.27. The molecular weight excluding hydrogens is 364 g/mol. The van der Waals surface area contributed by atoms with Crippen LogP contribution in [0.2, 0.25) is 0 Å². The van der Waals surface area contributed by atoms with Gasteiger partial charge >= 0.3 is 6.03 Å². The monoisotopic (exact) mass is 384 g/mol. The molecule has 2 heterocycles. The van der Waals surface area contributed by atoms with E-state index in [9.17, 15) is 14.4 Å². The van der Waals surface area contributed by atoms with E-state index < -0.39 is 17.5 Å². The van der Waals surface area contributed by atoms with Crippen LogP contribution < -0.4 is 10.6 Å². The molecule has 1 saturated heterocycles. The van der Waals surface area contributed by atoms with Crippen molar-refractivity contribution in [3.8, 4) is 10.6 Å². The van der Waals surface area contributed by atoms with Crippen molar-refractivity contribution in [3.63, 3.8) is 0 Å². The van der Waals surface area contributed by atoms with E-state index in [2.05, 4.69) is 15.6 Å². The highest BCUT2D eigenvalue weighted by atomic mass is 32.1. The zero-order valence-electron chi connectivity index (χ0n) is 14.7. The van der Waals surface area contributed by atoms with Gasteiger partial charge in [-0.25, -0.2) is 9.78 Å². The molecule has 1 aromatic heterocycles. The number of hydrogen-bond acceptors (Lipinski definition) is 5. The number of amides is 4. The second-order valence-electron chi connectivity index (χ2n) is 6.93. The summed E-state index contributed by atoms with van der Waals surface area (Å²) in [4.78, 5) is 42.6. The van der Waals surface area contributed by atoms with Gasteiger partial charge in [-0.1, -0.05) is 19.3 Å². The third-order valence-electron chi connectivity index (χ3n) is 5.10. The van der Waals surface area contributed by atoms with Gasteiger partial charge in [-0.15, -0.1) is 11.3 Å². The van der Waals surface area contributed by atoms with Gasteiger partial charge in [0.2, 0.25) is 5.91 Å². The summed E-state index contributed by atoms with van der Waals surface area (Å²) >= 11 is 1.54. The number of urea groups is 1. The van der Waals surface area contributed by atoms with Gasteiger partial charge in [-0.3, -0.25) is 14.5 Å². The van der Waals surface area contributed by atoms with Crippen molar-refractivity contribution >= 4 is 34.9 Å². The number of carbonyl (C=O) groups is 3. The van der Waals surface area contributed by atoms with Gasteiger partial charge in [0.1, 0.15) is 17.1 Å². The zero-order chi connectivity index (χ0) is 18.9. The van der Waals surface area contributed by atoms with Crippen molar-refractivity contribution in [1.82, 2.24) is 15.2 Å². The maximum atomic E-state index is 12.7. The molecule has 2 aliphatic rings. The van der Waals surface area contributed by atoms with E-state index in [1.54, 1.807) is 29.7 Å². The van der Waals surface area contributed by atoms with Gasteiger partial charge in [0.15, 0.2) is 0 Å². The largest absolute Gasteiger partial charge is 0.325 e. The number of anilines is 1. The van der Waals surface area contributed by atoms with Gasteiger partial charge < -0.3 is 10.6 Å². The highest BCUT2D eigenvalue weighted by Gasteiger charge is 2.51. The molecule has 2 aromatic rings. The summed E-state index contributed by atoms with van der Waals surface area (Å²) in [7, 11) is 0. The molecular formula is C19H20N4O3S. The number of aromatic nitrogens is 1. The number of imide groups is 1. The van der Waals surface area contributed by atoms with Crippen molar-refractivity contribution < 1.29 is 14.4 Å². The van der Waals surface area contributed by atoms with Crippen LogP contribution in [0.25, 0.3) is 10.6 Å². The molecule has 0 radical (unpaired) electrons. The van der Waals surface area contributed by atoms with Crippen molar-refractivity contribution in [1.29, 1.82) is 0 Å². The van der Waals surface area contributed by atoms with Gasteiger partial charge in [0, 0.05) is 22.8 Å². The Morgan fingerprint density at radius 3 is 2.59 bits per heavy atom. The summed E-state index contributed by atoms with van der Waals surface area (Å²) < 4.78 is 0. The lowest BCUT2D eigenvalue weighted by atomic mass is 9.82. The quantitative estimate of drug-likeness (QED) is 0.793. The molecule has 1 aliphatic carbocycles. The predicted octanol–water partition coefficient (Wildman–Crippen LogP) is 3.00. The van der Waals surface area contributed by atoms with Crippen LogP contribution in [-0.2, 0) is 9.59 Å². The number of hydrogen-bond donors (Lipinski definition) is 2. The normalized spacial score (nSPS) is 18.6. The maximum Gasteiger partial charge on any atom is 0.325 e. The summed E-state index contributed by atoms with van der Waals surface area (Å²) in [6.07, 6.45) is 5.94. The molecule has 1 aliphatic heterocycles. The lowest BCUT2D eigenvalue weighted by molar-refractivity contribution is -0.134. The fourth-order valence-corrected chi connectivity index (χ4v) is 4.36. The van der Waals surface area contributed by atoms with E-state index in [-0.39, 0.29) is 12.5 Å². The third kappa shape index (κ3) is 3.44. The SMILES string of the molecule is O=C(CN1C(=O)NC2(CCCCC2)C1=O)Nc1ccc(-c2nccs2)cc1.